The third kappa shape index (κ3) is 2.29. The first-order valence-corrected chi connectivity index (χ1v) is 6.18. The first-order chi connectivity index (χ1) is 8.65. The van der Waals surface area contributed by atoms with E-state index in [1.54, 1.807) is 13.4 Å². The van der Waals surface area contributed by atoms with E-state index in [1.807, 2.05) is 37.2 Å². The van der Waals surface area contributed by atoms with Gasteiger partial charge in [-0.3, -0.25) is 0 Å². The summed E-state index contributed by atoms with van der Waals surface area (Å²) in [6, 6.07) is 7.94. The standard InChI is InChI=1S/C13H13N3OS/c1-16(2)8-15-13-10-5-4-9(17-3)6-11(10)18-12(13)7-14/h4-6,8H,1-3H3. The number of hydrogen-bond acceptors (Lipinski definition) is 4. The molecule has 2 rings (SSSR count). The van der Waals surface area contributed by atoms with Crippen LogP contribution in [0.3, 0.4) is 0 Å². The van der Waals surface area contributed by atoms with Gasteiger partial charge < -0.3 is 9.64 Å². The molecule has 4 nitrogen and oxygen atoms in total. The number of benzene rings is 1. The molecule has 5 heteroatoms. The van der Waals surface area contributed by atoms with Crippen LogP contribution in [-0.4, -0.2) is 32.4 Å². The number of nitriles is 1. The Morgan fingerprint density at radius 3 is 2.83 bits per heavy atom. The minimum absolute atomic E-state index is 0.622. The van der Waals surface area contributed by atoms with E-state index in [2.05, 4.69) is 11.1 Å². The first-order valence-electron chi connectivity index (χ1n) is 5.37. The van der Waals surface area contributed by atoms with E-state index in [0.29, 0.717) is 4.88 Å². The molecule has 0 bridgehead atoms. The van der Waals surface area contributed by atoms with Crippen LogP contribution in [0.15, 0.2) is 23.2 Å². The van der Waals surface area contributed by atoms with Gasteiger partial charge in [-0.05, 0) is 18.2 Å². The fraction of sp³-hybridized carbons (Fsp3) is 0.231. The Bertz CT molecular complexity index is 637. The van der Waals surface area contributed by atoms with E-state index in [1.165, 1.54) is 11.3 Å². The van der Waals surface area contributed by atoms with Crippen LogP contribution in [0.4, 0.5) is 5.69 Å². The van der Waals surface area contributed by atoms with E-state index in [-0.39, 0.29) is 0 Å². The fourth-order valence-corrected chi connectivity index (χ4v) is 2.54. The van der Waals surface area contributed by atoms with Crippen LogP contribution in [0.5, 0.6) is 5.75 Å². The predicted molar refractivity (Wildman–Crippen MR) is 74.9 cm³/mol. The third-order valence-corrected chi connectivity index (χ3v) is 3.44. The summed E-state index contributed by atoms with van der Waals surface area (Å²) >= 11 is 1.43. The lowest BCUT2D eigenvalue weighted by Crippen LogP contribution is -2.06. The van der Waals surface area contributed by atoms with Crippen molar-refractivity contribution in [2.75, 3.05) is 21.2 Å². The fourth-order valence-electron chi connectivity index (χ4n) is 1.57. The second-order valence-corrected chi connectivity index (χ2v) is 5.01. The van der Waals surface area contributed by atoms with E-state index >= 15 is 0 Å². The molecule has 1 aromatic carbocycles. The molecule has 0 saturated heterocycles. The summed E-state index contributed by atoms with van der Waals surface area (Å²) in [7, 11) is 5.42. The highest BCUT2D eigenvalue weighted by atomic mass is 32.1. The Hall–Kier alpha value is -2.06. The number of hydrogen-bond donors (Lipinski definition) is 0. The molecule has 0 radical (unpaired) electrons. The van der Waals surface area contributed by atoms with Crippen molar-refractivity contribution in [3.05, 3.63) is 23.1 Å². The van der Waals surface area contributed by atoms with Gasteiger partial charge in [0.1, 0.15) is 22.4 Å². The normalized spacial score (nSPS) is 10.8. The number of fused-ring (bicyclic) bond motifs is 1. The van der Waals surface area contributed by atoms with Gasteiger partial charge in [0.2, 0.25) is 0 Å². The molecular formula is C13H13N3OS. The van der Waals surface area contributed by atoms with Gasteiger partial charge in [0.25, 0.3) is 0 Å². The lowest BCUT2D eigenvalue weighted by Gasteiger charge is -2.02. The zero-order chi connectivity index (χ0) is 13.1. The van der Waals surface area contributed by atoms with E-state index in [0.717, 1.165) is 21.5 Å². The largest absolute Gasteiger partial charge is 0.497 e. The molecule has 0 amide bonds. The second kappa shape index (κ2) is 5.07. The summed E-state index contributed by atoms with van der Waals surface area (Å²) < 4.78 is 6.19. The molecule has 1 aromatic heterocycles. The maximum absolute atomic E-state index is 9.15. The Labute approximate surface area is 110 Å². The number of thiophene rings is 1. The highest BCUT2D eigenvalue weighted by molar-refractivity contribution is 7.20. The van der Waals surface area contributed by atoms with Gasteiger partial charge in [0.05, 0.1) is 13.4 Å². The van der Waals surface area contributed by atoms with Crippen LogP contribution in [0.2, 0.25) is 0 Å². The van der Waals surface area contributed by atoms with Gasteiger partial charge >= 0.3 is 0 Å². The molecule has 1 heterocycles. The molecule has 0 fully saturated rings. The highest BCUT2D eigenvalue weighted by Crippen LogP contribution is 2.38. The summed E-state index contributed by atoms with van der Waals surface area (Å²) in [5.74, 6) is 0.788. The van der Waals surface area contributed by atoms with Gasteiger partial charge in [-0.15, -0.1) is 11.3 Å². The SMILES string of the molecule is COc1ccc2c(N=CN(C)C)c(C#N)sc2c1. The number of methoxy groups -OCH3 is 1. The highest BCUT2D eigenvalue weighted by Gasteiger charge is 2.11. The Balaban J connectivity index is 2.60. The maximum atomic E-state index is 9.15. The third-order valence-electron chi connectivity index (χ3n) is 2.39. The van der Waals surface area contributed by atoms with Crippen molar-refractivity contribution in [2.24, 2.45) is 4.99 Å². The molecule has 0 spiro atoms. The Kier molecular flexibility index (Phi) is 3.49. The summed E-state index contributed by atoms with van der Waals surface area (Å²) in [4.78, 5) is 6.83. The van der Waals surface area contributed by atoms with Crippen LogP contribution in [0.25, 0.3) is 10.1 Å². The van der Waals surface area contributed by atoms with Crippen molar-refractivity contribution in [3.63, 3.8) is 0 Å². The van der Waals surface area contributed by atoms with Crippen molar-refractivity contribution in [1.82, 2.24) is 4.90 Å². The molecule has 0 aliphatic carbocycles. The number of ether oxygens (including phenoxy) is 1. The van der Waals surface area contributed by atoms with Crippen molar-refractivity contribution in [2.45, 2.75) is 0 Å². The Morgan fingerprint density at radius 2 is 2.22 bits per heavy atom. The number of nitrogens with zero attached hydrogens (tertiary/aromatic N) is 3. The summed E-state index contributed by atoms with van der Waals surface area (Å²) in [6.07, 6.45) is 1.70. The molecule has 0 aliphatic rings. The Morgan fingerprint density at radius 1 is 1.44 bits per heavy atom. The first kappa shape index (κ1) is 12.4. The van der Waals surface area contributed by atoms with Gasteiger partial charge in [0, 0.05) is 24.2 Å². The maximum Gasteiger partial charge on any atom is 0.131 e. The summed E-state index contributed by atoms with van der Waals surface area (Å²) in [5.41, 5.74) is 0.730. The van der Waals surface area contributed by atoms with Crippen LogP contribution < -0.4 is 4.74 Å². The van der Waals surface area contributed by atoms with Crippen molar-refractivity contribution in [1.29, 1.82) is 5.26 Å². The average Bonchev–Trinajstić information content (AvgIpc) is 2.72. The number of rotatable bonds is 3. The molecular weight excluding hydrogens is 246 g/mol. The molecule has 0 N–H and O–H groups in total. The van der Waals surface area contributed by atoms with Crippen LogP contribution in [0.1, 0.15) is 4.88 Å². The van der Waals surface area contributed by atoms with Crippen LogP contribution in [-0.2, 0) is 0 Å². The molecule has 0 saturated carbocycles. The van der Waals surface area contributed by atoms with E-state index in [9.17, 15) is 0 Å². The molecule has 2 aromatic rings. The smallest absolute Gasteiger partial charge is 0.131 e. The number of aliphatic imine (C=N–C) groups is 1. The summed E-state index contributed by atoms with van der Waals surface area (Å²) in [5, 5.41) is 10.1. The van der Waals surface area contributed by atoms with Crippen LogP contribution in [0, 0.1) is 11.3 Å². The topological polar surface area (TPSA) is 48.6 Å². The predicted octanol–water partition coefficient (Wildman–Crippen LogP) is 3.00. The van der Waals surface area contributed by atoms with Gasteiger partial charge in [-0.25, -0.2) is 4.99 Å². The van der Waals surface area contributed by atoms with Crippen molar-refractivity contribution in [3.8, 4) is 11.8 Å². The minimum atomic E-state index is 0.622. The molecule has 0 aliphatic heterocycles. The van der Waals surface area contributed by atoms with Gasteiger partial charge in [0.15, 0.2) is 0 Å². The lowest BCUT2D eigenvalue weighted by atomic mass is 10.2. The van der Waals surface area contributed by atoms with Crippen molar-refractivity contribution < 1.29 is 4.74 Å². The molecule has 92 valence electrons. The second-order valence-electron chi connectivity index (χ2n) is 3.96. The zero-order valence-corrected chi connectivity index (χ0v) is 11.3. The zero-order valence-electron chi connectivity index (χ0n) is 10.5. The van der Waals surface area contributed by atoms with Crippen LogP contribution >= 0.6 is 11.3 Å². The molecule has 18 heavy (non-hydrogen) atoms. The minimum Gasteiger partial charge on any atom is -0.497 e. The van der Waals surface area contributed by atoms with E-state index < -0.39 is 0 Å². The van der Waals surface area contributed by atoms with E-state index in [4.69, 9.17) is 10.00 Å². The quantitative estimate of drug-likeness (QED) is 0.629. The average molecular weight is 259 g/mol. The van der Waals surface area contributed by atoms with Gasteiger partial charge in [-0.2, -0.15) is 5.26 Å². The van der Waals surface area contributed by atoms with Crippen molar-refractivity contribution >= 4 is 33.4 Å². The summed E-state index contributed by atoms with van der Waals surface area (Å²) in [6.45, 7) is 0. The lowest BCUT2D eigenvalue weighted by molar-refractivity contribution is 0.415. The monoisotopic (exact) mass is 259 g/mol. The van der Waals surface area contributed by atoms with Gasteiger partial charge in [-0.1, -0.05) is 0 Å². The molecule has 0 unspecified atom stereocenters. The molecule has 0 atom stereocenters.